The van der Waals surface area contributed by atoms with Gasteiger partial charge in [0, 0.05) is 55.4 Å². The Labute approximate surface area is 255 Å². The smallest absolute Gasteiger partial charge is 0.262 e. The lowest BCUT2D eigenvalue weighted by atomic mass is 9.71. The number of amides is 1. The molecule has 0 aromatic heterocycles. The molecule has 5 rings (SSSR count). The number of methoxy groups -OCH3 is 1. The summed E-state index contributed by atoms with van der Waals surface area (Å²) < 4.78 is 17.3. The van der Waals surface area contributed by atoms with Crippen LogP contribution in [-0.2, 0) is 11.2 Å². The van der Waals surface area contributed by atoms with Crippen molar-refractivity contribution in [2.24, 2.45) is 11.8 Å². The third kappa shape index (κ3) is 6.74. The highest BCUT2D eigenvalue weighted by atomic mass is 35.5. The SMILES string of the molecule is CCCc1cc(Cl)ccc1C1COc2ccc(C(=O)NSN(C)C(C)C3C=C([C@H](OC)C4CCC4)C3)cc2N(C)C1. The minimum atomic E-state index is -0.108. The molecule has 6 nitrogen and oxygen atoms in total. The van der Waals surface area contributed by atoms with E-state index in [1.165, 1.54) is 48.1 Å². The molecular weight excluding hydrogens is 554 g/mol. The zero-order chi connectivity index (χ0) is 29.1. The van der Waals surface area contributed by atoms with E-state index < -0.39 is 0 Å². The van der Waals surface area contributed by atoms with Crippen LogP contribution in [-0.4, -0.2) is 56.7 Å². The molecule has 2 aromatic rings. The summed E-state index contributed by atoms with van der Waals surface area (Å²) in [7, 11) is 5.95. The standard InChI is InChI=1S/C33H44ClN3O3S/c1-6-8-23-17-28(34)12-13-29(23)27-19-36(3)30-18-24(11-14-31(30)40-20-27)33(38)35-41-37(4)21(2)25-15-26(16-25)32(39-5)22-9-7-10-22/h11-15,17-18,21-22,25,27,32H,6-10,16,19-20H2,1-5H3,(H,35,38)/t21?,25?,27?,32-/m1/s1. The lowest BCUT2D eigenvalue weighted by Gasteiger charge is -2.41. The number of fused-ring (bicyclic) bond motifs is 1. The van der Waals surface area contributed by atoms with E-state index in [-0.39, 0.29) is 11.8 Å². The number of benzene rings is 2. The van der Waals surface area contributed by atoms with Gasteiger partial charge in [-0.2, -0.15) is 0 Å². The van der Waals surface area contributed by atoms with Gasteiger partial charge >= 0.3 is 0 Å². The number of rotatable bonds is 11. The monoisotopic (exact) mass is 597 g/mol. The van der Waals surface area contributed by atoms with Crippen molar-refractivity contribution >= 4 is 35.3 Å². The summed E-state index contributed by atoms with van der Waals surface area (Å²) >= 11 is 7.68. The predicted octanol–water partition coefficient (Wildman–Crippen LogP) is 7.28. The number of hydrogen-bond donors (Lipinski definition) is 1. The van der Waals surface area contributed by atoms with Crippen LogP contribution in [0.2, 0.25) is 5.02 Å². The van der Waals surface area contributed by atoms with Gasteiger partial charge < -0.3 is 14.4 Å². The summed E-state index contributed by atoms with van der Waals surface area (Å²) in [5, 5.41) is 0.773. The number of ether oxygens (including phenoxy) is 2. The number of anilines is 1. The number of halogens is 1. The van der Waals surface area contributed by atoms with Gasteiger partial charge in [0.15, 0.2) is 0 Å². The lowest BCUT2D eigenvalue weighted by Crippen LogP contribution is -2.40. The summed E-state index contributed by atoms with van der Waals surface area (Å²) in [6, 6.07) is 12.2. The first-order chi connectivity index (χ1) is 19.8. The molecular formula is C33H44ClN3O3S. The van der Waals surface area contributed by atoms with Crippen LogP contribution in [0.5, 0.6) is 5.75 Å². The second-order valence-corrected chi connectivity index (χ2v) is 13.3. The van der Waals surface area contributed by atoms with E-state index in [4.69, 9.17) is 21.1 Å². The van der Waals surface area contributed by atoms with Gasteiger partial charge in [-0.3, -0.25) is 9.52 Å². The Morgan fingerprint density at radius 3 is 2.73 bits per heavy atom. The van der Waals surface area contributed by atoms with Crippen LogP contribution in [0.15, 0.2) is 48.0 Å². The Bertz CT molecular complexity index is 1270. The highest BCUT2D eigenvalue weighted by Crippen LogP contribution is 2.42. The number of aryl methyl sites for hydroxylation is 1. The van der Waals surface area contributed by atoms with E-state index in [1.54, 1.807) is 0 Å². The van der Waals surface area contributed by atoms with E-state index in [0.717, 1.165) is 42.3 Å². The molecule has 3 aliphatic rings. The predicted molar refractivity (Wildman–Crippen MR) is 170 cm³/mol. The van der Waals surface area contributed by atoms with Crippen LogP contribution < -0.4 is 14.4 Å². The molecule has 1 N–H and O–H groups in total. The minimum Gasteiger partial charge on any atom is -0.491 e. The van der Waals surface area contributed by atoms with Gasteiger partial charge in [0.05, 0.1) is 18.4 Å². The molecule has 1 heterocycles. The first kappa shape index (κ1) is 30.3. The first-order valence-corrected chi connectivity index (χ1v) is 16.1. The molecule has 1 saturated carbocycles. The molecule has 0 radical (unpaired) electrons. The van der Waals surface area contributed by atoms with Gasteiger partial charge in [-0.1, -0.05) is 43.5 Å². The van der Waals surface area contributed by atoms with E-state index in [0.29, 0.717) is 36.2 Å². The number of likely N-dealkylation sites (N-methyl/N-ethyl adjacent to an activating group) is 1. The molecule has 3 unspecified atom stereocenters. The van der Waals surface area contributed by atoms with Gasteiger partial charge in [-0.15, -0.1) is 0 Å². The van der Waals surface area contributed by atoms with Crippen molar-refractivity contribution in [2.75, 3.05) is 39.3 Å². The Hall–Kier alpha value is -2.19. The summed E-state index contributed by atoms with van der Waals surface area (Å²) in [6.07, 6.45) is 9.70. The number of carbonyl (C=O) groups is 1. The van der Waals surface area contributed by atoms with Crippen LogP contribution in [0.1, 0.15) is 73.4 Å². The molecule has 4 atom stereocenters. The second kappa shape index (κ2) is 13.4. The topological polar surface area (TPSA) is 54.0 Å². The Morgan fingerprint density at radius 2 is 2.05 bits per heavy atom. The third-order valence-electron chi connectivity index (χ3n) is 9.20. The van der Waals surface area contributed by atoms with Crippen LogP contribution in [0.25, 0.3) is 0 Å². The van der Waals surface area contributed by atoms with Crippen molar-refractivity contribution in [1.82, 2.24) is 9.03 Å². The molecule has 1 aliphatic heterocycles. The first-order valence-electron chi connectivity index (χ1n) is 15.0. The summed E-state index contributed by atoms with van der Waals surface area (Å²) in [4.78, 5) is 15.4. The summed E-state index contributed by atoms with van der Waals surface area (Å²) in [6.45, 7) is 5.80. The maximum Gasteiger partial charge on any atom is 0.262 e. The minimum absolute atomic E-state index is 0.108. The largest absolute Gasteiger partial charge is 0.491 e. The Morgan fingerprint density at radius 1 is 1.27 bits per heavy atom. The average molecular weight is 598 g/mol. The van der Waals surface area contributed by atoms with Crippen molar-refractivity contribution in [2.45, 2.75) is 70.4 Å². The Kier molecular flexibility index (Phi) is 9.90. The molecule has 222 valence electrons. The van der Waals surface area contributed by atoms with Crippen LogP contribution >= 0.6 is 23.7 Å². The van der Waals surface area contributed by atoms with E-state index in [1.807, 2.05) is 38.4 Å². The van der Waals surface area contributed by atoms with Gasteiger partial charge in [0.25, 0.3) is 5.91 Å². The average Bonchev–Trinajstić information content (AvgIpc) is 3.07. The van der Waals surface area contributed by atoms with Gasteiger partial charge in [0.2, 0.25) is 0 Å². The van der Waals surface area contributed by atoms with Crippen molar-refractivity contribution in [3.05, 3.63) is 69.8 Å². The molecule has 8 heteroatoms. The van der Waals surface area contributed by atoms with Crippen molar-refractivity contribution in [3.63, 3.8) is 0 Å². The van der Waals surface area contributed by atoms with E-state index in [2.05, 4.69) is 53.0 Å². The van der Waals surface area contributed by atoms with Gasteiger partial charge in [0.1, 0.15) is 5.75 Å². The fourth-order valence-corrected chi connectivity index (χ4v) is 7.21. The van der Waals surface area contributed by atoms with Gasteiger partial charge in [-0.25, -0.2) is 4.31 Å². The van der Waals surface area contributed by atoms with E-state index >= 15 is 0 Å². The fourth-order valence-electron chi connectivity index (χ4n) is 6.35. The third-order valence-corrected chi connectivity index (χ3v) is 10.3. The molecule has 1 amide bonds. The number of carbonyl (C=O) groups excluding carboxylic acids is 1. The van der Waals surface area contributed by atoms with Crippen molar-refractivity contribution < 1.29 is 14.3 Å². The maximum absolute atomic E-state index is 13.2. The second-order valence-electron chi connectivity index (χ2n) is 11.9. The van der Waals surface area contributed by atoms with Crippen LogP contribution in [0.4, 0.5) is 5.69 Å². The Balaban J connectivity index is 1.18. The molecule has 2 aliphatic carbocycles. The number of nitrogens with one attached hydrogen (secondary N) is 1. The lowest BCUT2D eigenvalue weighted by molar-refractivity contribution is 0.0364. The van der Waals surface area contributed by atoms with Crippen molar-refractivity contribution in [1.29, 1.82) is 0 Å². The van der Waals surface area contributed by atoms with Gasteiger partial charge in [-0.05, 0) is 98.5 Å². The number of nitrogens with zero attached hydrogens (tertiary/aromatic N) is 2. The zero-order valence-electron chi connectivity index (χ0n) is 25.0. The van der Waals surface area contributed by atoms with Crippen LogP contribution in [0.3, 0.4) is 0 Å². The maximum atomic E-state index is 13.2. The quantitative estimate of drug-likeness (QED) is 0.217. The molecule has 0 bridgehead atoms. The molecule has 1 fully saturated rings. The molecule has 41 heavy (non-hydrogen) atoms. The zero-order valence-corrected chi connectivity index (χ0v) is 26.6. The fraction of sp³-hybridized carbons (Fsp3) is 0.545. The molecule has 2 aromatic carbocycles. The number of hydrogen-bond acceptors (Lipinski definition) is 6. The molecule has 0 spiro atoms. The summed E-state index contributed by atoms with van der Waals surface area (Å²) in [5.41, 5.74) is 5.58. The molecule has 0 saturated heterocycles. The highest BCUT2D eigenvalue weighted by molar-refractivity contribution is 7.95. The summed E-state index contributed by atoms with van der Waals surface area (Å²) in [5.74, 6) is 2.08. The van der Waals surface area contributed by atoms with E-state index in [9.17, 15) is 4.79 Å². The highest BCUT2D eigenvalue weighted by Gasteiger charge is 2.37. The van der Waals surface area contributed by atoms with Crippen LogP contribution in [0, 0.1) is 11.8 Å². The van der Waals surface area contributed by atoms with Crippen molar-refractivity contribution in [3.8, 4) is 5.75 Å². The normalized spacial score (nSPS) is 22.0.